The molecule has 0 fully saturated rings. The van der Waals surface area contributed by atoms with Gasteiger partial charge >= 0.3 is 0 Å². The molecule has 0 aliphatic rings. The number of aryl methyl sites for hydroxylation is 1. The Morgan fingerprint density at radius 3 is 2.63 bits per heavy atom. The number of carbonyl (C=O) groups excluding carboxylic acids is 1. The van der Waals surface area contributed by atoms with Gasteiger partial charge in [-0.25, -0.2) is 0 Å². The molecule has 0 radical (unpaired) electrons. The van der Waals surface area contributed by atoms with Crippen molar-refractivity contribution in [1.82, 2.24) is 5.32 Å². The minimum absolute atomic E-state index is 0.0232. The molecule has 0 spiro atoms. The van der Waals surface area contributed by atoms with Gasteiger partial charge in [-0.1, -0.05) is 18.2 Å². The van der Waals surface area contributed by atoms with Crippen molar-refractivity contribution in [3.05, 3.63) is 53.6 Å². The van der Waals surface area contributed by atoms with E-state index < -0.39 is 0 Å². The number of amides is 1. The Morgan fingerprint density at radius 1 is 1.11 bits per heavy atom. The van der Waals surface area contributed by atoms with Crippen LogP contribution in [-0.4, -0.2) is 38.4 Å². The first-order valence-electron chi connectivity index (χ1n) is 8.91. The molecule has 0 heterocycles. The summed E-state index contributed by atoms with van der Waals surface area (Å²) in [5, 5.41) is 11.9. The monoisotopic (exact) mass is 373 g/mol. The fraction of sp³-hybridized carbons (Fsp3) is 0.381. The number of benzene rings is 2. The van der Waals surface area contributed by atoms with Crippen LogP contribution in [0.5, 0.6) is 17.2 Å². The second-order valence-corrected chi connectivity index (χ2v) is 6.12. The summed E-state index contributed by atoms with van der Waals surface area (Å²) in [5.74, 6) is 1.90. The second kappa shape index (κ2) is 10.4. The van der Waals surface area contributed by atoms with E-state index >= 15 is 0 Å². The highest BCUT2D eigenvalue weighted by molar-refractivity contribution is 5.76. The smallest absolute Gasteiger partial charge is 0.220 e. The Morgan fingerprint density at radius 2 is 1.93 bits per heavy atom. The van der Waals surface area contributed by atoms with E-state index in [9.17, 15) is 4.79 Å². The van der Waals surface area contributed by atoms with Gasteiger partial charge in [-0.15, -0.1) is 0 Å². The lowest BCUT2D eigenvalue weighted by Crippen LogP contribution is -2.26. The molecule has 2 aromatic carbocycles. The Labute approximate surface area is 160 Å². The maximum atomic E-state index is 12.3. The van der Waals surface area contributed by atoms with Crippen molar-refractivity contribution < 1.29 is 24.1 Å². The molecule has 0 aliphatic carbocycles. The second-order valence-electron chi connectivity index (χ2n) is 6.12. The molecular weight excluding hydrogens is 346 g/mol. The van der Waals surface area contributed by atoms with Crippen LogP contribution in [0.4, 0.5) is 0 Å². The van der Waals surface area contributed by atoms with E-state index in [1.165, 1.54) is 0 Å². The molecule has 0 aromatic heterocycles. The molecule has 146 valence electrons. The molecule has 0 saturated carbocycles. The SMILES string of the molecule is COc1cccc(CCC(=O)N[C@H](C)c2ccc(OCCO)c(OC)c2)c1. The van der Waals surface area contributed by atoms with Crippen LogP contribution in [0.25, 0.3) is 0 Å². The molecule has 27 heavy (non-hydrogen) atoms. The third-order valence-corrected chi connectivity index (χ3v) is 4.19. The zero-order valence-electron chi connectivity index (χ0n) is 16.0. The van der Waals surface area contributed by atoms with E-state index in [0.29, 0.717) is 24.3 Å². The third-order valence-electron chi connectivity index (χ3n) is 4.19. The lowest BCUT2D eigenvalue weighted by molar-refractivity contribution is -0.121. The zero-order valence-corrected chi connectivity index (χ0v) is 16.0. The highest BCUT2D eigenvalue weighted by Crippen LogP contribution is 2.30. The number of rotatable bonds is 10. The number of aliphatic hydroxyl groups is 1. The minimum Gasteiger partial charge on any atom is -0.497 e. The van der Waals surface area contributed by atoms with Gasteiger partial charge in [0.05, 0.1) is 26.9 Å². The first-order valence-corrected chi connectivity index (χ1v) is 8.91. The molecule has 1 amide bonds. The summed E-state index contributed by atoms with van der Waals surface area (Å²) in [6.45, 7) is 2.06. The van der Waals surface area contributed by atoms with Gasteiger partial charge in [-0.05, 0) is 48.7 Å². The van der Waals surface area contributed by atoms with E-state index in [1.807, 2.05) is 43.3 Å². The van der Waals surface area contributed by atoms with E-state index in [4.69, 9.17) is 19.3 Å². The highest BCUT2D eigenvalue weighted by Gasteiger charge is 2.13. The number of nitrogens with one attached hydrogen (secondary N) is 1. The molecular formula is C21H27NO5. The van der Waals surface area contributed by atoms with Gasteiger partial charge in [0.1, 0.15) is 12.4 Å². The van der Waals surface area contributed by atoms with Gasteiger partial charge in [0.25, 0.3) is 0 Å². The standard InChI is InChI=1S/C21H27NO5/c1-15(17-8-9-19(27-12-11-23)20(14-17)26-3)22-21(24)10-7-16-5-4-6-18(13-16)25-2/h4-6,8-9,13-15,23H,7,10-12H2,1-3H3,(H,22,24)/t15-/m1/s1. The van der Waals surface area contributed by atoms with E-state index in [0.717, 1.165) is 16.9 Å². The predicted molar refractivity (Wildman–Crippen MR) is 103 cm³/mol. The molecule has 6 heteroatoms. The van der Waals surface area contributed by atoms with Gasteiger partial charge in [0, 0.05) is 6.42 Å². The number of aliphatic hydroxyl groups excluding tert-OH is 1. The largest absolute Gasteiger partial charge is 0.497 e. The Balaban J connectivity index is 1.93. The Kier molecular flexibility index (Phi) is 7.95. The van der Waals surface area contributed by atoms with Crippen molar-refractivity contribution >= 4 is 5.91 Å². The summed E-state index contributed by atoms with van der Waals surface area (Å²) in [6, 6.07) is 13.0. The normalized spacial score (nSPS) is 11.6. The average Bonchev–Trinajstić information content (AvgIpc) is 2.70. The fourth-order valence-corrected chi connectivity index (χ4v) is 2.71. The van der Waals surface area contributed by atoms with Crippen molar-refractivity contribution in [1.29, 1.82) is 0 Å². The fourth-order valence-electron chi connectivity index (χ4n) is 2.71. The zero-order chi connectivity index (χ0) is 19.6. The molecule has 1 atom stereocenters. The minimum atomic E-state index is -0.163. The maximum absolute atomic E-state index is 12.3. The molecule has 2 rings (SSSR count). The van der Waals surface area contributed by atoms with Gasteiger partial charge in [-0.2, -0.15) is 0 Å². The maximum Gasteiger partial charge on any atom is 0.220 e. The predicted octanol–water partition coefficient (Wildman–Crippen LogP) is 2.88. The van der Waals surface area contributed by atoms with Gasteiger partial charge in [0.15, 0.2) is 11.5 Å². The number of hydrogen-bond donors (Lipinski definition) is 2. The molecule has 0 saturated heterocycles. The van der Waals surface area contributed by atoms with Crippen LogP contribution in [0.2, 0.25) is 0 Å². The topological polar surface area (TPSA) is 77.0 Å². The summed E-state index contributed by atoms with van der Waals surface area (Å²) >= 11 is 0. The summed E-state index contributed by atoms with van der Waals surface area (Å²) in [7, 11) is 3.18. The van der Waals surface area contributed by atoms with Gasteiger partial charge in [-0.3, -0.25) is 4.79 Å². The molecule has 0 bridgehead atoms. The lowest BCUT2D eigenvalue weighted by atomic mass is 10.1. The first kappa shape index (κ1) is 20.6. The van der Waals surface area contributed by atoms with Crippen molar-refractivity contribution in [3.63, 3.8) is 0 Å². The number of ether oxygens (including phenoxy) is 3. The van der Waals surface area contributed by atoms with Crippen LogP contribution in [0.15, 0.2) is 42.5 Å². The van der Waals surface area contributed by atoms with Crippen LogP contribution < -0.4 is 19.5 Å². The Bertz CT molecular complexity index is 747. The highest BCUT2D eigenvalue weighted by atomic mass is 16.5. The molecule has 2 aromatic rings. The summed E-state index contributed by atoms with van der Waals surface area (Å²) < 4.78 is 16.0. The molecule has 0 aliphatic heterocycles. The lowest BCUT2D eigenvalue weighted by Gasteiger charge is -2.17. The summed E-state index contributed by atoms with van der Waals surface area (Å²) in [6.07, 6.45) is 1.04. The Hall–Kier alpha value is -2.73. The van der Waals surface area contributed by atoms with Crippen LogP contribution in [0, 0.1) is 0 Å². The van der Waals surface area contributed by atoms with E-state index in [1.54, 1.807) is 20.3 Å². The number of hydrogen-bond acceptors (Lipinski definition) is 5. The van der Waals surface area contributed by atoms with Gasteiger partial charge in [0.2, 0.25) is 5.91 Å². The van der Waals surface area contributed by atoms with Crippen molar-refractivity contribution in [2.45, 2.75) is 25.8 Å². The average molecular weight is 373 g/mol. The van der Waals surface area contributed by atoms with Crippen LogP contribution in [-0.2, 0) is 11.2 Å². The first-order chi connectivity index (χ1) is 13.1. The van der Waals surface area contributed by atoms with Crippen molar-refractivity contribution in [2.75, 3.05) is 27.4 Å². The van der Waals surface area contributed by atoms with Crippen molar-refractivity contribution in [2.24, 2.45) is 0 Å². The van der Waals surface area contributed by atoms with Crippen LogP contribution in [0.3, 0.4) is 0 Å². The quantitative estimate of drug-likeness (QED) is 0.670. The van der Waals surface area contributed by atoms with Crippen LogP contribution in [0.1, 0.15) is 30.5 Å². The molecule has 0 unspecified atom stereocenters. The molecule has 2 N–H and O–H groups in total. The molecule has 6 nitrogen and oxygen atoms in total. The number of methoxy groups -OCH3 is 2. The van der Waals surface area contributed by atoms with E-state index in [2.05, 4.69) is 5.32 Å². The summed E-state index contributed by atoms with van der Waals surface area (Å²) in [5.41, 5.74) is 1.97. The number of carbonyl (C=O) groups is 1. The van der Waals surface area contributed by atoms with E-state index in [-0.39, 0.29) is 25.2 Å². The van der Waals surface area contributed by atoms with Crippen molar-refractivity contribution in [3.8, 4) is 17.2 Å². The van der Waals surface area contributed by atoms with Gasteiger partial charge < -0.3 is 24.6 Å². The van der Waals surface area contributed by atoms with Crippen LogP contribution >= 0.6 is 0 Å². The third kappa shape index (κ3) is 6.18. The summed E-state index contributed by atoms with van der Waals surface area (Å²) in [4.78, 5) is 12.3.